The van der Waals surface area contributed by atoms with Crippen molar-refractivity contribution in [2.45, 2.75) is 74.9 Å². The van der Waals surface area contributed by atoms with Gasteiger partial charge in [-0.3, -0.25) is 24.1 Å². The predicted molar refractivity (Wildman–Crippen MR) is 191 cm³/mol. The molecule has 0 saturated carbocycles. The van der Waals surface area contributed by atoms with Gasteiger partial charge in [-0.25, -0.2) is 0 Å². The number of likely N-dealkylation sites (tertiary alicyclic amines) is 1. The number of phenolic OH excluding ortho intramolecular Hbond substituents is 1. The van der Waals surface area contributed by atoms with Crippen LogP contribution in [-0.4, -0.2) is 88.4 Å². The number of nitrogens with zero attached hydrogens (tertiary/aromatic N) is 1. The zero-order chi connectivity index (χ0) is 36.6. The summed E-state index contributed by atoms with van der Waals surface area (Å²) in [4.78, 5) is 54.2. The third kappa shape index (κ3) is 6.53. The molecule has 2 bridgehead atoms. The summed E-state index contributed by atoms with van der Waals surface area (Å²) in [5, 5.41) is 37.0. The second-order valence-corrected chi connectivity index (χ2v) is 13.7. The van der Waals surface area contributed by atoms with Gasteiger partial charge in [-0.1, -0.05) is 74.2 Å². The zero-order valence-corrected chi connectivity index (χ0v) is 28.6. The molecule has 0 radical (unpaired) electrons. The molecule has 1 saturated heterocycles. The lowest BCUT2D eigenvalue weighted by Crippen LogP contribution is -2.75. The molecule has 0 unspecified atom stereocenters. The molecule has 2 aliphatic carbocycles. The second-order valence-electron chi connectivity index (χ2n) is 13.7. The average molecular weight is 728 g/mol. The summed E-state index contributed by atoms with van der Waals surface area (Å²) >= 11 is 0. The Balaban J connectivity index is 0.00000481. The molecule has 3 aromatic carbocycles. The maximum absolute atomic E-state index is 13.7. The normalized spacial score (nSPS) is 24.5. The van der Waals surface area contributed by atoms with Crippen molar-refractivity contribution in [1.82, 2.24) is 15.5 Å². The summed E-state index contributed by atoms with van der Waals surface area (Å²) in [5.41, 5.74) is 0.353. The first kappa shape index (κ1) is 37.5. The molecule has 0 aromatic heterocycles. The Morgan fingerprint density at radius 2 is 1.47 bits per heavy atom. The van der Waals surface area contributed by atoms with Crippen LogP contribution in [0.15, 0.2) is 84.6 Å². The summed E-state index contributed by atoms with van der Waals surface area (Å²) in [6.07, 6.45) is -1.18. The molecule has 13 heteroatoms. The number of ether oxygens (including phenoxy) is 3. The molecule has 280 valence electrons. The van der Waals surface area contributed by atoms with Gasteiger partial charge in [0.25, 0.3) is 11.8 Å². The molecule has 4 aliphatic rings. The Kier molecular flexibility index (Phi) is 10.6. The summed E-state index contributed by atoms with van der Waals surface area (Å²) in [6, 6.07) is 20.1. The molecule has 6 atom stereocenters. The summed E-state index contributed by atoms with van der Waals surface area (Å²) < 4.78 is 18.9. The molecule has 13 nitrogen and oxygen atoms in total. The number of benzene rings is 3. The zero-order valence-electron chi connectivity index (χ0n) is 28.6. The molecule has 1 spiro atoms. The van der Waals surface area contributed by atoms with Crippen molar-refractivity contribution in [2.75, 3.05) is 26.7 Å². The van der Waals surface area contributed by atoms with Gasteiger partial charge < -0.3 is 40.2 Å². The van der Waals surface area contributed by atoms with Crippen molar-refractivity contribution in [1.29, 1.82) is 0 Å². The molecule has 5 N–H and O–H groups in total. The Labute approximate surface area is 307 Å². The van der Waals surface area contributed by atoms with E-state index in [1.807, 2.05) is 13.1 Å². The van der Waals surface area contributed by atoms with Crippen molar-refractivity contribution in [3.63, 3.8) is 0 Å². The van der Waals surface area contributed by atoms with Crippen molar-refractivity contribution in [2.24, 2.45) is 0 Å². The van der Waals surface area contributed by atoms with Crippen molar-refractivity contribution < 1.29 is 48.7 Å². The highest BCUT2D eigenvalue weighted by atomic mass is 16.6. The number of phenols is 1. The minimum Gasteiger partial charge on any atom is -0.504 e. The van der Waals surface area contributed by atoms with E-state index >= 15 is 0 Å². The lowest BCUT2D eigenvalue weighted by atomic mass is 9.50. The largest absolute Gasteiger partial charge is 0.504 e. The molecule has 3 aromatic rings. The van der Waals surface area contributed by atoms with Gasteiger partial charge in [0.1, 0.15) is 11.4 Å². The Morgan fingerprint density at radius 1 is 0.887 bits per heavy atom. The second kappa shape index (κ2) is 15.0. The number of aliphatic hydroxyl groups is 2. The fourth-order valence-corrected chi connectivity index (χ4v) is 8.39. The number of aromatic hydroxyl groups is 1. The first-order valence-electron chi connectivity index (χ1n) is 17.4. The predicted octanol–water partition coefficient (Wildman–Crippen LogP) is 2.88. The van der Waals surface area contributed by atoms with Crippen LogP contribution in [0.4, 0.5) is 0 Å². The van der Waals surface area contributed by atoms with Crippen molar-refractivity contribution >= 4 is 23.8 Å². The topological polar surface area (TPSA) is 184 Å². The number of amides is 2. The third-order valence-corrected chi connectivity index (χ3v) is 10.8. The van der Waals surface area contributed by atoms with Gasteiger partial charge in [-0.05, 0) is 55.3 Å². The maximum atomic E-state index is 13.7. The number of esters is 2. The van der Waals surface area contributed by atoms with Gasteiger partial charge >= 0.3 is 11.9 Å². The van der Waals surface area contributed by atoms with Gasteiger partial charge in [0.15, 0.2) is 29.8 Å². The lowest BCUT2D eigenvalue weighted by Gasteiger charge is -2.62. The van der Waals surface area contributed by atoms with Crippen LogP contribution in [0.1, 0.15) is 67.6 Å². The monoisotopic (exact) mass is 727 g/mol. The number of nitrogens with one attached hydrogen (secondary N) is 2. The smallest absolute Gasteiger partial charge is 0.312 e. The van der Waals surface area contributed by atoms with E-state index < -0.39 is 53.1 Å². The number of likely N-dealkylation sites (N-methyl/N-ethyl adjacent to an activating group) is 1. The average Bonchev–Trinajstić information content (AvgIpc) is 3.51. The maximum Gasteiger partial charge on any atom is 0.312 e. The van der Waals surface area contributed by atoms with Crippen LogP contribution in [0.25, 0.3) is 0 Å². The molecular weight excluding hydrogens is 682 g/mol. The van der Waals surface area contributed by atoms with Gasteiger partial charge in [-0.2, -0.15) is 0 Å². The first-order valence-corrected chi connectivity index (χ1v) is 17.4. The van der Waals surface area contributed by atoms with Crippen LogP contribution < -0.4 is 15.4 Å². The van der Waals surface area contributed by atoms with Crippen LogP contribution in [0.2, 0.25) is 0 Å². The summed E-state index contributed by atoms with van der Waals surface area (Å²) in [6.45, 7) is 0.470. The number of hydrogen-bond acceptors (Lipinski definition) is 11. The fraction of sp³-hybridized carbons (Fsp3) is 0.400. The number of piperidine rings is 1. The summed E-state index contributed by atoms with van der Waals surface area (Å²) in [7, 11) is 1.97. The van der Waals surface area contributed by atoms with E-state index in [0.717, 1.165) is 11.1 Å². The van der Waals surface area contributed by atoms with Crippen molar-refractivity contribution in [3.8, 4) is 11.5 Å². The third-order valence-electron chi connectivity index (χ3n) is 10.8. The van der Waals surface area contributed by atoms with Gasteiger partial charge in [0.05, 0.1) is 24.3 Å². The number of hydrogen-bond donors (Lipinski definition) is 5. The van der Waals surface area contributed by atoms with Crippen molar-refractivity contribution in [3.05, 3.63) is 107 Å². The molecule has 1 fully saturated rings. The Hall–Kier alpha value is -5.24. The Bertz CT molecular complexity index is 1900. The first-order chi connectivity index (χ1) is 25.1. The van der Waals surface area contributed by atoms with E-state index in [-0.39, 0.29) is 63.1 Å². The highest BCUT2D eigenvalue weighted by Crippen LogP contribution is 2.66. The van der Waals surface area contributed by atoms with E-state index in [1.165, 1.54) is 0 Å². The number of rotatable bonds is 12. The number of carbonyl (C=O) groups is 4. The Morgan fingerprint density at radius 3 is 2.08 bits per heavy atom. The van der Waals surface area contributed by atoms with Gasteiger partial charge in [0.2, 0.25) is 0 Å². The molecule has 2 aliphatic heterocycles. The minimum atomic E-state index is -1.39. The van der Waals surface area contributed by atoms with Gasteiger partial charge in [-0.15, -0.1) is 0 Å². The lowest BCUT2D eigenvalue weighted by molar-refractivity contribution is -0.206. The SMILES string of the molecule is C.CN1CC[C@]23c4c5ccc(O)c4O[C@H]2C(OC(=O)CCNC(=O)[C@@H](O)c2ccccc2)=CC[C@@]3(OC(=O)CCNC(=O)[C@@H](O)c2ccccc2)[C@H]1C5. The highest BCUT2D eigenvalue weighted by molar-refractivity contribution is 5.83. The molecule has 2 amide bonds. The van der Waals surface area contributed by atoms with Crippen LogP contribution in [0, 0.1) is 0 Å². The van der Waals surface area contributed by atoms with E-state index in [2.05, 4.69) is 15.5 Å². The van der Waals surface area contributed by atoms with E-state index in [0.29, 0.717) is 30.5 Å². The molecule has 53 heavy (non-hydrogen) atoms. The highest BCUT2D eigenvalue weighted by Gasteiger charge is 2.74. The standard InChI is InChI=1S/C39H41N3O10.CH4/c1-42-21-18-38-31-25-12-13-26(43)34(31)51-35(38)27(50-29(44)15-19-40-36(48)32(46)23-8-4-2-5-9-23)14-17-39(38,28(42)22-25)52-30(45)16-20-41-37(49)33(47)24-10-6-3-7-11-24;/h2-14,28,32-33,35,43,46-47H,15-22H2,1H3,(H,40,48)(H,41,49);1H4/t28-,32+,33+,35+,38+,39-;/m1./s1. The van der Waals surface area contributed by atoms with Crippen LogP contribution in [-0.2, 0) is 40.5 Å². The minimum absolute atomic E-state index is 0. The number of carbonyl (C=O) groups excluding carboxylic acids is 4. The van der Waals surface area contributed by atoms with E-state index in [9.17, 15) is 34.5 Å². The number of aliphatic hydroxyl groups excluding tert-OH is 2. The molecule has 2 heterocycles. The molecular formula is C40H45N3O10. The van der Waals surface area contributed by atoms with Crippen LogP contribution in [0.3, 0.4) is 0 Å². The van der Waals surface area contributed by atoms with E-state index in [4.69, 9.17) is 14.2 Å². The summed E-state index contributed by atoms with van der Waals surface area (Å²) in [5.74, 6) is -2.08. The van der Waals surface area contributed by atoms with Crippen LogP contribution in [0.5, 0.6) is 11.5 Å². The van der Waals surface area contributed by atoms with Crippen LogP contribution >= 0.6 is 0 Å². The fourth-order valence-electron chi connectivity index (χ4n) is 8.39. The molecule has 7 rings (SSSR count). The van der Waals surface area contributed by atoms with Gasteiger partial charge in [0, 0.05) is 25.1 Å². The van der Waals surface area contributed by atoms with E-state index in [1.54, 1.807) is 72.8 Å². The quantitative estimate of drug-likeness (QED) is 0.173.